The molecule has 4 amide bonds. The number of hydrogen-bond donors (Lipinski definition) is 5. The number of nitrogens with one attached hydrogen (secondary N) is 2. The number of nitrogens with zero attached hydrogens (tertiary/aromatic N) is 2. The van der Waals surface area contributed by atoms with E-state index in [1.807, 2.05) is 54.6 Å². The third-order valence-corrected chi connectivity index (χ3v) is 36.5. The van der Waals surface area contributed by atoms with Crippen molar-refractivity contribution in [1.82, 2.24) is 9.80 Å². The maximum atomic E-state index is 12.5. The van der Waals surface area contributed by atoms with Crippen molar-refractivity contribution in [2.45, 2.75) is 192 Å². The first-order valence-corrected chi connectivity index (χ1v) is 51.3. The van der Waals surface area contributed by atoms with Crippen molar-refractivity contribution < 1.29 is 40.4 Å². The van der Waals surface area contributed by atoms with E-state index >= 15 is 0 Å². The fourth-order valence-corrected chi connectivity index (χ4v) is 27.7. The number of allylic oxidation sites excluding steroid dienone is 11. The number of rotatable bonds is 22. The van der Waals surface area contributed by atoms with Crippen LogP contribution in [0.25, 0.3) is 18.2 Å². The molecule has 13 nitrogen and oxygen atoms in total. The number of aliphatic hydroxyl groups is 2. The SMILES string of the molecule is CC1=C(/C=C/c2cccc(C(O)CCN)c2)C(C)(C)CCC1.CC1=C(/C=C/c2cccc(C(O)CCN3C(=O)c4ccccc4C3=O)c2)C(C)(C)CCC1.CC1=C(C=Cc2cccc(I)c2)C(C)(C)CCC1.CC1=C(CP(Br)(c2ccccc2)(c2ccccc2)c2ccccc2)C(C)(C)CCC1.N=N.O=CCCN1C(=O)c2ccccc2C1=O.O=Cc1cccc(I)c1.[HH]. The molecule has 0 radical (unpaired) electrons. The molecule has 0 saturated carbocycles. The van der Waals surface area contributed by atoms with Gasteiger partial charge in [0.25, 0.3) is 23.6 Å². The van der Waals surface area contributed by atoms with E-state index in [-0.39, 0.29) is 60.8 Å². The molecular formula is C111H131BrI2N5O8P. The van der Waals surface area contributed by atoms with Crippen molar-refractivity contribution >= 4 is 136 Å². The first kappa shape index (κ1) is 102. The molecule has 0 fully saturated rings. The van der Waals surface area contributed by atoms with E-state index in [2.05, 4.69) is 308 Å². The number of carbonyl (C=O) groups excluding carboxylic acids is 6. The minimum absolute atomic E-state index is 0. The average molecular weight is 2030 g/mol. The average Bonchev–Trinajstić information content (AvgIpc) is 1.27. The van der Waals surface area contributed by atoms with Gasteiger partial charge >= 0.3 is 190 Å². The van der Waals surface area contributed by atoms with Gasteiger partial charge in [-0.1, -0.05) is 180 Å². The summed E-state index contributed by atoms with van der Waals surface area (Å²) in [5.41, 5.74) is 36.3. The molecule has 2 heterocycles. The molecular weight excluding hydrogens is 1900 g/mol. The number of halogens is 3. The van der Waals surface area contributed by atoms with Gasteiger partial charge in [-0.15, -0.1) is 0 Å². The van der Waals surface area contributed by atoms with Crippen LogP contribution in [0.3, 0.4) is 0 Å². The van der Waals surface area contributed by atoms with E-state index < -0.39 is 17.5 Å². The van der Waals surface area contributed by atoms with Crippen LogP contribution in [0.1, 0.15) is 273 Å². The maximum Gasteiger partial charge on any atom is 0.261 e. The molecule has 2 unspecified atom stereocenters. The van der Waals surface area contributed by atoms with Crippen LogP contribution < -0.4 is 21.6 Å². The Labute approximate surface area is 797 Å². The van der Waals surface area contributed by atoms with Crippen LogP contribution in [-0.4, -0.2) is 82.0 Å². The van der Waals surface area contributed by atoms with E-state index in [4.69, 9.17) is 16.8 Å². The fraction of sp³-hybridized carbons (Fsp3) is 0.333. The molecule has 0 aromatic heterocycles. The second-order valence-electron chi connectivity index (χ2n) is 36.7. The van der Waals surface area contributed by atoms with Crippen LogP contribution in [0.2, 0.25) is 0 Å². The summed E-state index contributed by atoms with van der Waals surface area (Å²) in [6.07, 6.45) is 30.8. The minimum atomic E-state index is -2.91. The van der Waals surface area contributed by atoms with E-state index in [1.165, 1.54) is 128 Å². The van der Waals surface area contributed by atoms with Crippen LogP contribution in [0.15, 0.2) is 299 Å². The molecule has 2 atom stereocenters. The number of aliphatic hydroxyl groups excluding tert-OH is 2. The number of hydrogen-bond acceptors (Lipinski definition) is 11. The van der Waals surface area contributed by atoms with Gasteiger partial charge in [0.05, 0.1) is 34.5 Å². The molecule has 15 rings (SSSR count). The Bertz CT molecular complexity index is 5430. The summed E-state index contributed by atoms with van der Waals surface area (Å²) < 4.78 is 2.39. The topological polar surface area (TPSA) is 223 Å². The van der Waals surface area contributed by atoms with Gasteiger partial charge in [-0.2, -0.15) is 0 Å². The van der Waals surface area contributed by atoms with Gasteiger partial charge in [0.2, 0.25) is 0 Å². The smallest absolute Gasteiger partial charge is 0.261 e. The van der Waals surface area contributed by atoms with E-state index in [0.717, 1.165) is 55.2 Å². The molecule has 0 bridgehead atoms. The Kier molecular flexibility index (Phi) is 37.9. The molecule has 9 aromatic carbocycles. The monoisotopic (exact) mass is 2030 g/mol. The van der Waals surface area contributed by atoms with Crippen LogP contribution in [-0.2, 0) is 4.79 Å². The van der Waals surface area contributed by atoms with Gasteiger partial charge in [-0.25, -0.2) is 11.1 Å². The zero-order valence-corrected chi connectivity index (χ0v) is 83.4. The van der Waals surface area contributed by atoms with E-state index in [1.54, 1.807) is 71.3 Å². The number of carbonyl (C=O) groups is 6. The quantitative estimate of drug-likeness (QED) is 0.0109. The number of nitrogens with two attached hydrogens (primary N) is 1. The van der Waals surface area contributed by atoms with Crippen LogP contribution in [0.5, 0.6) is 0 Å². The second kappa shape index (κ2) is 47.5. The maximum absolute atomic E-state index is 12.5. The third-order valence-electron chi connectivity index (χ3n) is 25.7. The minimum Gasteiger partial charge on any atom is -0.303 e. The predicted octanol–water partition coefficient (Wildman–Crippen LogP) is 27.6. The Morgan fingerprint density at radius 2 is 0.727 bits per heavy atom. The summed E-state index contributed by atoms with van der Waals surface area (Å²) in [6.45, 7) is 28.9. The zero-order valence-electron chi connectivity index (χ0n) is 76.6. The molecule has 128 heavy (non-hydrogen) atoms. The van der Waals surface area contributed by atoms with Crippen LogP contribution in [0.4, 0.5) is 0 Å². The number of aldehydes is 2. The molecule has 4 aliphatic carbocycles. The Morgan fingerprint density at radius 1 is 0.414 bits per heavy atom. The van der Waals surface area contributed by atoms with Crippen molar-refractivity contribution in [3.63, 3.8) is 0 Å². The molecule has 9 aromatic rings. The van der Waals surface area contributed by atoms with Crippen molar-refractivity contribution in [2.75, 3.05) is 25.8 Å². The Morgan fingerprint density at radius 3 is 1.05 bits per heavy atom. The number of benzene rings is 9. The van der Waals surface area contributed by atoms with Crippen molar-refractivity contribution in [2.24, 2.45) is 27.4 Å². The third kappa shape index (κ3) is 26.3. The largest absolute Gasteiger partial charge is 0.303 e. The Balaban J connectivity index is 0.000000197. The van der Waals surface area contributed by atoms with Crippen molar-refractivity contribution in [1.29, 1.82) is 11.1 Å². The summed E-state index contributed by atoms with van der Waals surface area (Å²) in [7, 11) is 0. The summed E-state index contributed by atoms with van der Waals surface area (Å²) in [5, 5.41) is 22.1. The van der Waals surface area contributed by atoms with Gasteiger partial charge < -0.3 is 20.7 Å². The first-order valence-electron chi connectivity index (χ1n) is 44.7. The summed E-state index contributed by atoms with van der Waals surface area (Å²) >= 11 is 9.16. The normalized spacial score (nSPS) is 17.4. The summed E-state index contributed by atoms with van der Waals surface area (Å²) in [6, 6.07) is 79.1. The number of fused-ring (bicyclic) bond motifs is 2. The molecule has 0 spiro atoms. The van der Waals surface area contributed by atoms with Crippen molar-refractivity contribution in [3.05, 3.63) is 362 Å². The fourth-order valence-electron chi connectivity index (χ4n) is 18.6. The molecule has 674 valence electrons. The van der Waals surface area contributed by atoms with Gasteiger partial charge in [0.15, 0.2) is 0 Å². The van der Waals surface area contributed by atoms with Gasteiger partial charge in [0.1, 0.15) is 12.6 Å². The first-order chi connectivity index (χ1) is 61.1. The number of amides is 4. The van der Waals surface area contributed by atoms with Crippen LogP contribution >= 0.6 is 66.0 Å². The molecule has 2 aliphatic heterocycles. The van der Waals surface area contributed by atoms with E-state index in [9.17, 15) is 39.0 Å². The molecule has 6 N–H and O–H groups in total. The molecule has 6 aliphatic rings. The standard InChI is InChI=1S/C28H32BrP.C28H31NO3.C20H29NO.C17H21I.C11H9NO3.C7H5IO.H2N2.H2/c1-23-14-13-21-28(2,3)27(23)22-30(29,24-15-7-4-8-16-24,25-17-9-5-10-18-25)26-19-11-6-12-20-26;1-19-8-7-16-28(2,3)24(19)14-13-20-9-6-10-21(18-20)25(30)15-17-29-26(31)22-11-4-5-12-23(22)27(29)32;1-15-6-5-12-20(2,3)18(15)10-9-16-7-4-8-17(14-16)19(22)11-13-21;1-13-6-5-11-17(2,3)16(13)10-9-14-7-4-8-15(18)12-14;13-7-3-6-12-10(14)8-4-1-2-5-9(8)11(12)15;8-7-3-1-2-6(4-7)5-9;1-2;/h4-12,15-20H,13-14,21-22H2,1-3H3;4-6,9-14,18,25,30H,7-8,15-17H2,1-3H3;4,7-10,14,19,22H,5-6,11-13,21H2,1-3H3;4,7-10,12H,5-6,11H2,1-3H3;1-2,4-5,7H,3,6H2;1-5H;1-2H;1H/b;14-13+;10-9+;;;;;. The molecule has 0 saturated heterocycles. The summed E-state index contributed by atoms with van der Waals surface area (Å²) in [4.78, 5) is 71.2. The summed E-state index contributed by atoms with van der Waals surface area (Å²) in [5.74, 6) is -1.18. The predicted molar refractivity (Wildman–Crippen MR) is 554 cm³/mol. The Hall–Kier alpha value is -9.37. The van der Waals surface area contributed by atoms with Gasteiger partial charge in [-0.3, -0.25) is 33.8 Å². The molecule has 17 heteroatoms. The number of imide groups is 2. The second-order valence-corrected chi connectivity index (χ2v) is 48.1. The van der Waals surface area contributed by atoms with Gasteiger partial charge in [0, 0.05) is 33.6 Å². The zero-order chi connectivity index (χ0) is 93.0. The van der Waals surface area contributed by atoms with Crippen LogP contribution in [0, 0.1) is 39.9 Å². The van der Waals surface area contributed by atoms with Gasteiger partial charge in [-0.05, 0) is 265 Å². The van der Waals surface area contributed by atoms with Crippen molar-refractivity contribution in [3.8, 4) is 0 Å². The van der Waals surface area contributed by atoms with E-state index in [0.29, 0.717) is 53.3 Å².